The zero-order chi connectivity index (χ0) is 10.4. The lowest BCUT2D eigenvalue weighted by atomic mass is 10.2. The highest BCUT2D eigenvalue weighted by atomic mass is 16.7. The van der Waals surface area contributed by atoms with Crippen molar-refractivity contribution in [2.24, 2.45) is 16.5 Å². The average Bonchev–Trinajstić information content (AvgIpc) is 2.16. The molecule has 1 aliphatic heterocycles. The normalized spacial score (nSPS) is 17.4. The smallest absolute Gasteiger partial charge is 0.346 e. The van der Waals surface area contributed by atoms with Crippen LogP contribution < -0.4 is 11.5 Å². The largest absolute Gasteiger partial charge is 0.370 e. The molecule has 4 N–H and O–H groups in total. The maximum atomic E-state index is 11.1. The third-order valence-corrected chi connectivity index (χ3v) is 1.94. The van der Waals surface area contributed by atoms with Crippen LogP contribution in [0.2, 0.25) is 0 Å². The number of nitrogens with two attached hydrogens (primary N) is 2. The van der Waals surface area contributed by atoms with Crippen molar-refractivity contribution in [2.45, 2.75) is 19.3 Å². The molecule has 0 aliphatic carbocycles. The van der Waals surface area contributed by atoms with Gasteiger partial charge in [0.15, 0.2) is 5.96 Å². The molecule has 6 nitrogen and oxygen atoms in total. The molecule has 1 saturated heterocycles. The number of hydroxylamine groups is 2. The van der Waals surface area contributed by atoms with Crippen LogP contribution in [0.3, 0.4) is 0 Å². The van der Waals surface area contributed by atoms with Crippen molar-refractivity contribution >= 4 is 11.9 Å². The van der Waals surface area contributed by atoms with E-state index in [1.165, 1.54) is 6.42 Å². The lowest BCUT2D eigenvalue weighted by molar-refractivity contribution is -0.192. The highest BCUT2D eigenvalue weighted by Crippen LogP contribution is 2.08. The highest BCUT2D eigenvalue weighted by molar-refractivity contribution is 5.80. The van der Waals surface area contributed by atoms with Crippen LogP contribution in [0.4, 0.5) is 0 Å². The zero-order valence-corrected chi connectivity index (χ0v) is 8.11. The van der Waals surface area contributed by atoms with Crippen LogP contribution in [0.1, 0.15) is 19.3 Å². The number of carbonyl (C=O) groups is 1. The van der Waals surface area contributed by atoms with Gasteiger partial charge in [0.05, 0.1) is 0 Å². The van der Waals surface area contributed by atoms with Crippen molar-refractivity contribution in [1.29, 1.82) is 0 Å². The molecule has 0 radical (unpaired) electrons. The Morgan fingerprint density at radius 2 is 1.93 bits per heavy atom. The summed E-state index contributed by atoms with van der Waals surface area (Å²) in [6.07, 6.45) is 3.33. The zero-order valence-electron chi connectivity index (χ0n) is 8.11. The maximum absolute atomic E-state index is 11.1. The van der Waals surface area contributed by atoms with E-state index in [4.69, 9.17) is 16.3 Å². The number of aliphatic imine (C=N–C) groups is 1. The standard InChI is InChI=1S/C8H16N4O2/c9-8(10)11-6-7(13)14-12-4-2-1-3-5-12/h1-6H2,(H4,9,10,11). The summed E-state index contributed by atoms with van der Waals surface area (Å²) in [6.45, 7) is 1.49. The van der Waals surface area contributed by atoms with Crippen molar-refractivity contribution in [3.63, 3.8) is 0 Å². The molecule has 0 aromatic rings. The second kappa shape index (κ2) is 5.43. The Bertz CT molecular complexity index is 219. The quantitative estimate of drug-likeness (QED) is 0.459. The van der Waals surface area contributed by atoms with E-state index in [0.29, 0.717) is 0 Å². The molecule has 80 valence electrons. The first-order valence-electron chi connectivity index (χ1n) is 4.69. The molecule has 0 aromatic carbocycles. The third kappa shape index (κ3) is 4.08. The lowest BCUT2D eigenvalue weighted by Gasteiger charge is -2.24. The molecule has 1 aliphatic rings. The van der Waals surface area contributed by atoms with Gasteiger partial charge in [-0.1, -0.05) is 6.42 Å². The van der Waals surface area contributed by atoms with Gasteiger partial charge in [0, 0.05) is 13.1 Å². The van der Waals surface area contributed by atoms with Crippen LogP contribution in [0, 0.1) is 0 Å². The van der Waals surface area contributed by atoms with Gasteiger partial charge in [0.25, 0.3) is 0 Å². The first-order valence-corrected chi connectivity index (χ1v) is 4.69. The summed E-state index contributed by atoms with van der Waals surface area (Å²) in [5, 5.41) is 1.66. The summed E-state index contributed by atoms with van der Waals surface area (Å²) in [6, 6.07) is 0. The van der Waals surface area contributed by atoms with Gasteiger partial charge in [-0.2, -0.15) is 0 Å². The van der Waals surface area contributed by atoms with E-state index in [1.54, 1.807) is 5.06 Å². The van der Waals surface area contributed by atoms with Crippen LogP contribution >= 0.6 is 0 Å². The molecular formula is C8H16N4O2. The number of guanidine groups is 1. The summed E-state index contributed by atoms with van der Waals surface area (Å²) in [4.78, 5) is 19.7. The number of rotatable bonds is 3. The van der Waals surface area contributed by atoms with Gasteiger partial charge in [-0.05, 0) is 12.8 Å². The van der Waals surface area contributed by atoms with Crippen molar-refractivity contribution in [2.75, 3.05) is 19.6 Å². The summed E-state index contributed by atoms with van der Waals surface area (Å²) in [7, 11) is 0. The van der Waals surface area contributed by atoms with E-state index in [0.717, 1.165) is 25.9 Å². The highest BCUT2D eigenvalue weighted by Gasteiger charge is 2.14. The van der Waals surface area contributed by atoms with Gasteiger partial charge in [-0.25, -0.2) is 9.79 Å². The molecule has 0 unspecified atom stereocenters. The van der Waals surface area contributed by atoms with E-state index in [2.05, 4.69) is 4.99 Å². The Balaban J connectivity index is 2.22. The monoisotopic (exact) mass is 200 g/mol. The van der Waals surface area contributed by atoms with Crippen LogP contribution in [0.25, 0.3) is 0 Å². The Morgan fingerprint density at radius 3 is 2.50 bits per heavy atom. The lowest BCUT2D eigenvalue weighted by Crippen LogP contribution is -2.33. The Labute approximate surface area is 82.9 Å². The minimum atomic E-state index is -0.416. The fourth-order valence-electron chi connectivity index (χ4n) is 1.28. The number of carbonyl (C=O) groups excluding carboxylic acids is 1. The van der Waals surface area contributed by atoms with Crippen LogP contribution in [-0.2, 0) is 9.63 Å². The molecule has 1 rings (SSSR count). The topological polar surface area (TPSA) is 93.9 Å². The SMILES string of the molecule is NC(N)=NCC(=O)ON1CCCCC1. The predicted molar refractivity (Wildman–Crippen MR) is 52.2 cm³/mol. The molecule has 1 heterocycles. The van der Waals surface area contributed by atoms with Crippen LogP contribution in [0.5, 0.6) is 0 Å². The molecular weight excluding hydrogens is 184 g/mol. The average molecular weight is 200 g/mol. The summed E-state index contributed by atoms with van der Waals surface area (Å²) < 4.78 is 0. The first-order chi connectivity index (χ1) is 6.68. The first kappa shape index (κ1) is 10.8. The minimum absolute atomic E-state index is 0.0967. The van der Waals surface area contributed by atoms with E-state index in [1.807, 2.05) is 0 Å². The Hall–Kier alpha value is -1.30. The van der Waals surface area contributed by atoms with Gasteiger partial charge < -0.3 is 16.3 Å². The predicted octanol–water partition coefficient (Wildman–Crippen LogP) is -0.796. The molecule has 0 bridgehead atoms. The summed E-state index contributed by atoms with van der Waals surface area (Å²) in [5.41, 5.74) is 10.2. The number of piperidine rings is 1. The van der Waals surface area contributed by atoms with Crippen molar-refractivity contribution in [3.8, 4) is 0 Å². The van der Waals surface area contributed by atoms with Crippen LogP contribution in [-0.4, -0.2) is 36.6 Å². The molecule has 0 aromatic heterocycles. The van der Waals surface area contributed by atoms with Crippen LogP contribution in [0.15, 0.2) is 4.99 Å². The maximum Gasteiger partial charge on any atom is 0.346 e. The number of hydrogen-bond acceptors (Lipinski definition) is 4. The Morgan fingerprint density at radius 1 is 1.29 bits per heavy atom. The van der Waals surface area contributed by atoms with Crippen molar-refractivity contribution in [3.05, 3.63) is 0 Å². The minimum Gasteiger partial charge on any atom is -0.370 e. The van der Waals surface area contributed by atoms with E-state index < -0.39 is 5.97 Å². The fourth-order valence-corrected chi connectivity index (χ4v) is 1.28. The van der Waals surface area contributed by atoms with E-state index in [-0.39, 0.29) is 12.5 Å². The van der Waals surface area contributed by atoms with Gasteiger partial charge in [-0.15, -0.1) is 5.06 Å². The van der Waals surface area contributed by atoms with E-state index in [9.17, 15) is 4.79 Å². The van der Waals surface area contributed by atoms with Crippen molar-refractivity contribution in [1.82, 2.24) is 5.06 Å². The van der Waals surface area contributed by atoms with Gasteiger partial charge in [0.2, 0.25) is 0 Å². The van der Waals surface area contributed by atoms with Gasteiger partial charge >= 0.3 is 5.97 Å². The number of nitrogens with zero attached hydrogens (tertiary/aromatic N) is 2. The number of hydrogen-bond donors (Lipinski definition) is 2. The second-order valence-electron chi connectivity index (χ2n) is 3.19. The molecule has 0 spiro atoms. The fraction of sp³-hybridized carbons (Fsp3) is 0.750. The summed E-state index contributed by atoms with van der Waals surface area (Å²) in [5.74, 6) is -0.513. The molecule has 1 fully saturated rings. The third-order valence-electron chi connectivity index (χ3n) is 1.94. The summed E-state index contributed by atoms with van der Waals surface area (Å²) >= 11 is 0. The second-order valence-corrected chi connectivity index (χ2v) is 3.19. The molecule has 0 saturated carbocycles. The Kier molecular flexibility index (Phi) is 4.18. The van der Waals surface area contributed by atoms with Gasteiger partial charge in [0.1, 0.15) is 6.54 Å². The molecule has 0 atom stereocenters. The molecule has 6 heteroatoms. The van der Waals surface area contributed by atoms with E-state index >= 15 is 0 Å². The molecule has 14 heavy (non-hydrogen) atoms. The molecule has 0 amide bonds. The van der Waals surface area contributed by atoms with Crippen molar-refractivity contribution < 1.29 is 9.63 Å². The van der Waals surface area contributed by atoms with Gasteiger partial charge in [-0.3, -0.25) is 0 Å².